The molecule has 0 unspecified atom stereocenters. The van der Waals surface area contributed by atoms with E-state index < -0.39 is 0 Å². The number of hydrogen-bond donors (Lipinski definition) is 1. The Labute approximate surface area is 190 Å². The summed E-state index contributed by atoms with van der Waals surface area (Å²) < 4.78 is 6.90. The van der Waals surface area contributed by atoms with Crippen molar-refractivity contribution in [1.82, 2.24) is 10.3 Å². The van der Waals surface area contributed by atoms with E-state index in [1.165, 1.54) is 12.8 Å². The molecule has 154 valence electrons. The molecule has 5 rings (SSSR count). The van der Waals surface area contributed by atoms with Crippen molar-refractivity contribution in [3.8, 4) is 5.75 Å². The van der Waals surface area contributed by atoms with Crippen LogP contribution in [0.5, 0.6) is 5.75 Å². The zero-order valence-corrected chi connectivity index (χ0v) is 18.7. The lowest BCUT2D eigenvalue weighted by Crippen LogP contribution is -2.29. The molecular weight excluding hydrogens is 434 g/mol. The first-order valence-electron chi connectivity index (χ1n) is 10.2. The smallest absolute Gasteiger partial charge is 0.174 e. The molecule has 1 aliphatic heterocycles. The molecule has 2 atom stereocenters. The number of hydrogen-bond acceptors (Lipinski definition) is 4. The second kappa shape index (κ2) is 8.53. The van der Waals surface area contributed by atoms with Crippen LogP contribution in [-0.4, -0.2) is 16.2 Å². The second-order valence-electron chi connectivity index (χ2n) is 7.66. The van der Waals surface area contributed by atoms with Crippen molar-refractivity contribution in [2.24, 2.45) is 0 Å². The fraction of sp³-hybridized carbons (Fsp3) is 0.304. The topological polar surface area (TPSA) is 37.4 Å². The van der Waals surface area contributed by atoms with E-state index in [2.05, 4.69) is 33.4 Å². The van der Waals surface area contributed by atoms with E-state index in [9.17, 15) is 0 Å². The normalized spacial score (nSPS) is 21.8. The number of thiophene rings is 1. The number of pyridine rings is 1. The van der Waals surface area contributed by atoms with Gasteiger partial charge in [-0.05, 0) is 86.4 Å². The third kappa shape index (κ3) is 3.92. The van der Waals surface area contributed by atoms with Crippen molar-refractivity contribution < 1.29 is 4.74 Å². The van der Waals surface area contributed by atoms with Crippen molar-refractivity contribution >= 4 is 46.0 Å². The van der Waals surface area contributed by atoms with Gasteiger partial charge < -0.3 is 15.0 Å². The summed E-state index contributed by atoms with van der Waals surface area (Å²) in [6.45, 7) is 0. The number of benzene rings is 1. The van der Waals surface area contributed by atoms with Crippen LogP contribution in [0.25, 0.3) is 0 Å². The van der Waals surface area contributed by atoms with Gasteiger partial charge in [-0.1, -0.05) is 17.7 Å². The van der Waals surface area contributed by atoms with Crippen LogP contribution in [0.4, 0.5) is 5.69 Å². The average molecular weight is 456 g/mol. The number of nitrogens with one attached hydrogen (secondary N) is 1. The van der Waals surface area contributed by atoms with Gasteiger partial charge in [0.15, 0.2) is 5.11 Å². The summed E-state index contributed by atoms with van der Waals surface area (Å²) in [6, 6.07) is 18.2. The van der Waals surface area contributed by atoms with Gasteiger partial charge in [0, 0.05) is 16.8 Å². The van der Waals surface area contributed by atoms with Crippen LogP contribution in [0.3, 0.4) is 0 Å². The fourth-order valence-electron chi connectivity index (χ4n) is 4.29. The molecule has 4 nitrogen and oxygen atoms in total. The monoisotopic (exact) mass is 455 g/mol. The first-order chi connectivity index (χ1) is 14.7. The highest BCUT2D eigenvalue weighted by Crippen LogP contribution is 2.44. The van der Waals surface area contributed by atoms with Gasteiger partial charge in [-0.15, -0.1) is 11.3 Å². The number of thiocarbonyl (C=S) groups is 1. The first kappa shape index (κ1) is 19.8. The maximum atomic E-state index is 6.28. The van der Waals surface area contributed by atoms with Crippen molar-refractivity contribution in [1.29, 1.82) is 0 Å². The Morgan fingerprint density at radius 2 is 1.87 bits per heavy atom. The molecule has 1 saturated heterocycles. The van der Waals surface area contributed by atoms with Gasteiger partial charge in [0.25, 0.3) is 0 Å². The first-order valence-corrected chi connectivity index (χ1v) is 11.8. The lowest BCUT2D eigenvalue weighted by Gasteiger charge is -2.27. The summed E-state index contributed by atoms with van der Waals surface area (Å²) >= 11 is 13.6. The quantitative estimate of drug-likeness (QED) is 0.457. The van der Waals surface area contributed by atoms with Gasteiger partial charge in [0.1, 0.15) is 5.75 Å². The summed E-state index contributed by atoms with van der Waals surface area (Å²) in [4.78, 5) is 7.89. The van der Waals surface area contributed by atoms with Gasteiger partial charge in [0.05, 0.1) is 28.2 Å². The highest BCUT2D eigenvalue weighted by molar-refractivity contribution is 7.80. The molecule has 2 aromatic heterocycles. The predicted octanol–water partition coefficient (Wildman–Crippen LogP) is 6.30. The van der Waals surface area contributed by atoms with Crippen LogP contribution in [0.1, 0.15) is 48.3 Å². The number of anilines is 1. The molecule has 1 aliphatic carbocycles. The van der Waals surface area contributed by atoms with Crippen LogP contribution in [0, 0.1) is 0 Å². The number of ether oxygens (including phenoxy) is 1. The largest absolute Gasteiger partial charge is 0.490 e. The van der Waals surface area contributed by atoms with Gasteiger partial charge in [-0.2, -0.15) is 0 Å². The lowest BCUT2D eigenvalue weighted by atomic mass is 10.0. The summed E-state index contributed by atoms with van der Waals surface area (Å²) in [5.41, 5.74) is 1.98. The summed E-state index contributed by atoms with van der Waals surface area (Å²) in [7, 11) is 0. The Morgan fingerprint density at radius 3 is 2.53 bits per heavy atom. The molecule has 3 aromatic rings. The second-order valence-corrected chi connectivity index (χ2v) is 9.79. The number of halogens is 1. The number of aromatic nitrogens is 1. The number of nitrogens with zero attached hydrogens (tertiary/aromatic N) is 2. The highest BCUT2D eigenvalue weighted by atomic mass is 35.5. The molecule has 1 aromatic carbocycles. The minimum absolute atomic E-state index is 0.0218. The number of rotatable bonds is 5. The molecule has 0 bridgehead atoms. The van der Waals surface area contributed by atoms with Crippen LogP contribution in [-0.2, 0) is 0 Å². The van der Waals surface area contributed by atoms with Crippen molar-refractivity contribution in [2.75, 3.05) is 4.90 Å². The Balaban J connectivity index is 1.46. The van der Waals surface area contributed by atoms with E-state index in [-0.39, 0.29) is 12.1 Å². The third-order valence-corrected chi connectivity index (χ3v) is 7.32. The van der Waals surface area contributed by atoms with E-state index in [4.69, 9.17) is 28.6 Å². The fourth-order valence-corrected chi connectivity index (χ4v) is 5.83. The van der Waals surface area contributed by atoms with Gasteiger partial charge in [-0.3, -0.25) is 4.98 Å². The lowest BCUT2D eigenvalue weighted by molar-refractivity contribution is 0.210. The third-order valence-electron chi connectivity index (χ3n) is 5.70. The molecular formula is C23H22ClN3OS2. The minimum Gasteiger partial charge on any atom is -0.490 e. The van der Waals surface area contributed by atoms with Crippen molar-refractivity contribution in [3.63, 3.8) is 0 Å². The van der Waals surface area contributed by atoms with Crippen LogP contribution in [0.15, 0.2) is 60.8 Å². The minimum atomic E-state index is -0.0529. The van der Waals surface area contributed by atoms with Gasteiger partial charge in [-0.25, -0.2) is 0 Å². The zero-order chi connectivity index (χ0) is 20.5. The summed E-state index contributed by atoms with van der Waals surface area (Å²) in [5.74, 6) is 0.917. The molecule has 2 aliphatic rings. The van der Waals surface area contributed by atoms with E-state index in [1.54, 1.807) is 11.3 Å². The molecule has 30 heavy (non-hydrogen) atoms. The molecule has 0 amide bonds. The summed E-state index contributed by atoms with van der Waals surface area (Å²) in [6.07, 6.45) is 6.98. The van der Waals surface area contributed by atoms with Gasteiger partial charge in [0.2, 0.25) is 0 Å². The Hall–Kier alpha value is -2.15. The van der Waals surface area contributed by atoms with E-state index in [0.29, 0.717) is 11.2 Å². The molecule has 7 heteroatoms. The average Bonchev–Trinajstić information content (AvgIpc) is 3.50. The molecule has 3 heterocycles. The molecule has 0 spiro atoms. The van der Waals surface area contributed by atoms with Crippen LogP contribution < -0.4 is 15.0 Å². The van der Waals surface area contributed by atoms with Gasteiger partial charge >= 0.3 is 0 Å². The molecule has 1 saturated carbocycles. The highest BCUT2D eigenvalue weighted by Gasteiger charge is 2.41. The zero-order valence-electron chi connectivity index (χ0n) is 16.3. The summed E-state index contributed by atoms with van der Waals surface area (Å²) in [5, 5.41) is 4.16. The van der Waals surface area contributed by atoms with Crippen molar-refractivity contribution in [3.05, 3.63) is 75.7 Å². The Morgan fingerprint density at radius 1 is 1.07 bits per heavy atom. The molecule has 2 fully saturated rings. The SMILES string of the molecule is S=C1N[C@H](c2ccccn2)[C@@H](c2ccc(Cl)s2)N1c1ccc(OC2CCCC2)cc1. The predicted molar refractivity (Wildman–Crippen MR) is 127 cm³/mol. The van der Waals surface area contributed by atoms with Crippen molar-refractivity contribution in [2.45, 2.75) is 43.9 Å². The maximum Gasteiger partial charge on any atom is 0.174 e. The van der Waals surface area contributed by atoms with E-state index in [0.717, 1.165) is 39.2 Å². The van der Waals surface area contributed by atoms with E-state index >= 15 is 0 Å². The van der Waals surface area contributed by atoms with Crippen LogP contribution in [0.2, 0.25) is 4.34 Å². The van der Waals surface area contributed by atoms with E-state index in [1.807, 2.05) is 42.6 Å². The standard InChI is InChI=1S/C23H22ClN3OS2/c24-20-13-12-19(30-20)22-21(18-7-3-4-14-25-18)26-23(29)27(22)15-8-10-17(11-9-15)28-16-5-1-2-6-16/h3-4,7-14,16,21-22H,1-2,5-6H2,(H,26,29)/t21-,22-/m1/s1. The molecule has 0 radical (unpaired) electrons. The molecule has 1 N–H and O–H groups in total. The Bertz CT molecular complexity index is 1020. The Kier molecular flexibility index (Phi) is 5.63. The van der Waals surface area contributed by atoms with Crippen LogP contribution >= 0.6 is 35.2 Å². The maximum absolute atomic E-state index is 6.28.